The van der Waals surface area contributed by atoms with Gasteiger partial charge in [-0.2, -0.15) is 0 Å². The van der Waals surface area contributed by atoms with E-state index >= 15 is 0 Å². The summed E-state index contributed by atoms with van der Waals surface area (Å²) in [4.78, 5) is 32.2. The molecular weight excluding hydrogens is 448 g/mol. The predicted octanol–water partition coefficient (Wildman–Crippen LogP) is 4.68. The van der Waals surface area contributed by atoms with Crippen LogP contribution in [0.4, 0.5) is 0 Å². The van der Waals surface area contributed by atoms with Gasteiger partial charge in [0.2, 0.25) is 5.91 Å². The second kappa shape index (κ2) is 10.1. The second-order valence-corrected chi connectivity index (χ2v) is 11.1. The number of para-hydroxylation sites is 1. The van der Waals surface area contributed by atoms with Crippen molar-refractivity contribution in [3.05, 3.63) is 71.9 Å². The maximum Gasteiger partial charge on any atom is 0.271 e. The van der Waals surface area contributed by atoms with Crippen LogP contribution in [0.2, 0.25) is 0 Å². The first kappa shape index (κ1) is 24.6. The first-order valence-corrected chi connectivity index (χ1v) is 13.3. The highest BCUT2D eigenvalue weighted by atomic mass is 16.2. The van der Waals surface area contributed by atoms with Crippen molar-refractivity contribution in [2.75, 3.05) is 19.6 Å². The van der Waals surface area contributed by atoms with Gasteiger partial charge in [-0.1, -0.05) is 62.4 Å². The number of carbonyl (C=O) groups is 2. The molecule has 190 valence electrons. The Balaban J connectivity index is 1.41. The molecule has 36 heavy (non-hydrogen) atoms. The molecular formula is C30H38N4O2. The number of hydrogen-bond donors (Lipinski definition) is 1. The fourth-order valence-corrected chi connectivity index (χ4v) is 5.88. The van der Waals surface area contributed by atoms with Crippen LogP contribution in [0, 0.1) is 5.92 Å². The van der Waals surface area contributed by atoms with Crippen LogP contribution < -0.4 is 5.32 Å². The Labute approximate surface area is 214 Å². The van der Waals surface area contributed by atoms with E-state index in [1.165, 1.54) is 5.56 Å². The van der Waals surface area contributed by atoms with Crippen molar-refractivity contribution in [1.29, 1.82) is 0 Å². The number of piperidine rings is 1. The highest BCUT2D eigenvalue weighted by Crippen LogP contribution is 2.36. The molecule has 2 aliphatic rings. The van der Waals surface area contributed by atoms with Gasteiger partial charge in [0.05, 0.1) is 6.54 Å². The Kier molecular flexibility index (Phi) is 6.89. The zero-order chi connectivity index (χ0) is 25.3. The van der Waals surface area contributed by atoms with Gasteiger partial charge in [-0.15, -0.1) is 0 Å². The second-order valence-electron chi connectivity index (χ2n) is 11.1. The van der Waals surface area contributed by atoms with Crippen molar-refractivity contribution >= 4 is 22.7 Å². The molecule has 2 aliphatic heterocycles. The maximum atomic E-state index is 14.1. The molecule has 0 aliphatic carbocycles. The molecule has 1 N–H and O–H groups in total. The monoisotopic (exact) mass is 486 g/mol. The van der Waals surface area contributed by atoms with Crippen molar-refractivity contribution in [2.24, 2.45) is 5.92 Å². The van der Waals surface area contributed by atoms with Crippen LogP contribution in [0.15, 0.2) is 60.7 Å². The summed E-state index contributed by atoms with van der Waals surface area (Å²) in [6, 6.07) is 20.6. The van der Waals surface area contributed by atoms with Gasteiger partial charge in [0.1, 0.15) is 11.2 Å². The molecule has 0 saturated carbocycles. The summed E-state index contributed by atoms with van der Waals surface area (Å²) in [5.41, 5.74) is 2.08. The van der Waals surface area contributed by atoms with E-state index in [0.29, 0.717) is 24.7 Å². The minimum atomic E-state index is -0.935. The molecule has 0 bridgehead atoms. The summed E-state index contributed by atoms with van der Waals surface area (Å²) in [7, 11) is 0. The summed E-state index contributed by atoms with van der Waals surface area (Å²) >= 11 is 0. The average molecular weight is 487 g/mol. The lowest BCUT2D eigenvalue weighted by Crippen LogP contribution is -2.67. The molecule has 1 saturated heterocycles. The highest BCUT2D eigenvalue weighted by molar-refractivity contribution is 6.03. The van der Waals surface area contributed by atoms with E-state index in [0.717, 1.165) is 49.8 Å². The third-order valence-corrected chi connectivity index (χ3v) is 7.91. The number of hydrogen-bond acceptors (Lipinski definition) is 3. The van der Waals surface area contributed by atoms with E-state index in [1.54, 1.807) is 0 Å². The third-order valence-electron chi connectivity index (χ3n) is 7.91. The van der Waals surface area contributed by atoms with Gasteiger partial charge in [0.25, 0.3) is 5.91 Å². The van der Waals surface area contributed by atoms with Gasteiger partial charge in [0, 0.05) is 43.1 Å². The molecule has 0 unspecified atom stereocenters. The molecule has 3 heterocycles. The van der Waals surface area contributed by atoms with Crippen LogP contribution in [0.25, 0.3) is 10.9 Å². The number of fused-ring (bicyclic) bond motifs is 3. The molecule has 0 spiro atoms. The standard InChI is InChI=1S/C30H38N4O2/c1-22(2)13-16-31-29(36)30(3)21-33-26-12-8-7-11-24(26)19-27(33)28(35)34(30)25-14-17-32(18-15-25)20-23-9-5-4-6-10-23/h4-12,19,22,25H,13-18,20-21H2,1-3H3,(H,31,36)/t30-/m1/s1. The van der Waals surface area contributed by atoms with Crippen LogP contribution in [0.1, 0.15) is 56.1 Å². The van der Waals surface area contributed by atoms with Crippen molar-refractivity contribution in [3.63, 3.8) is 0 Å². The minimum absolute atomic E-state index is 0.0273. The van der Waals surface area contributed by atoms with E-state index < -0.39 is 5.54 Å². The van der Waals surface area contributed by atoms with Gasteiger partial charge < -0.3 is 14.8 Å². The third kappa shape index (κ3) is 4.66. The van der Waals surface area contributed by atoms with Gasteiger partial charge in [0.15, 0.2) is 0 Å². The number of likely N-dealkylation sites (tertiary alicyclic amines) is 1. The number of aromatic nitrogens is 1. The minimum Gasteiger partial charge on any atom is -0.354 e. The summed E-state index contributed by atoms with van der Waals surface area (Å²) in [5, 5.41) is 4.21. The van der Waals surface area contributed by atoms with E-state index in [1.807, 2.05) is 48.2 Å². The lowest BCUT2D eigenvalue weighted by Gasteiger charge is -2.50. The normalized spacial score (nSPS) is 21.2. The Morgan fingerprint density at radius 3 is 2.47 bits per heavy atom. The van der Waals surface area contributed by atoms with E-state index in [4.69, 9.17) is 0 Å². The van der Waals surface area contributed by atoms with Crippen molar-refractivity contribution in [2.45, 2.75) is 64.7 Å². The van der Waals surface area contributed by atoms with Gasteiger partial charge in [-0.25, -0.2) is 0 Å². The van der Waals surface area contributed by atoms with E-state index in [2.05, 4.69) is 52.9 Å². The van der Waals surface area contributed by atoms with Crippen LogP contribution in [-0.4, -0.2) is 57.4 Å². The molecule has 3 aromatic rings. The number of benzene rings is 2. The van der Waals surface area contributed by atoms with Crippen LogP contribution >= 0.6 is 0 Å². The average Bonchev–Trinajstić information content (AvgIpc) is 3.24. The molecule has 0 radical (unpaired) electrons. The molecule has 2 amide bonds. The SMILES string of the molecule is CC(C)CCNC(=O)[C@@]1(C)Cn2c(cc3ccccc32)C(=O)N1C1CCN(Cc2ccccc2)CC1. The summed E-state index contributed by atoms with van der Waals surface area (Å²) < 4.78 is 2.06. The zero-order valence-electron chi connectivity index (χ0n) is 21.7. The van der Waals surface area contributed by atoms with Crippen molar-refractivity contribution in [3.8, 4) is 0 Å². The highest BCUT2D eigenvalue weighted by Gasteiger charge is 2.50. The van der Waals surface area contributed by atoms with Crippen molar-refractivity contribution < 1.29 is 9.59 Å². The Hall–Kier alpha value is -3.12. The molecule has 1 atom stereocenters. The van der Waals surface area contributed by atoms with Crippen LogP contribution in [0.3, 0.4) is 0 Å². The predicted molar refractivity (Wildman–Crippen MR) is 144 cm³/mol. The molecule has 6 nitrogen and oxygen atoms in total. The quantitative estimate of drug-likeness (QED) is 0.528. The van der Waals surface area contributed by atoms with E-state index in [-0.39, 0.29) is 17.9 Å². The fourth-order valence-electron chi connectivity index (χ4n) is 5.88. The fraction of sp³-hybridized carbons (Fsp3) is 0.467. The van der Waals surface area contributed by atoms with Crippen LogP contribution in [-0.2, 0) is 17.9 Å². The Morgan fingerprint density at radius 2 is 1.75 bits per heavy atom. The van der Waals surface area contributed by atoms with Gasteiger partial charge in [-0.3, -0.25) is 14.5 Å². The lowest BCUT2D eigenvalue weighted by molar-refractivity contribution is -0.135. The lowest BCUT2D eigenvalue weighted by atomic mass is 9.89. The molecule has 2 aromatic carbocycles. The zero-order valence-corrected chi connectivity index (χ0v) is 21.7. The summed E-state index contributed by atoms with van der Waals surface area (Å²) in [6.07, 6.45) is 2.66. The largest absolute Gasteiger partial charge is 0.354 e. The molecule has 5 rings (SSSR count). The smallest absolute Gasteiger partial charge is 0.271 e. The molecule has 6 heteroatoms. The topological polar surface area (TPSA) is 57.6 Å². The molecule has 1 fully saturated rings. The molecule has 1 aromatic heterocycles. The van der Waals surface area contributed by atoms with Gasteiger partial charge >= 0.3 is 0 Å². The van der Waals surface area contributed by atoms with Crippen molar-refractivity contribution in [1.82, 2.24) is 19.7 Å². The summed E-state index contributed by atoms with van der Waals surface area (Å²) in [6.45, 7) is 10.1. The first-order chi connectivity index (χ1) is 17.4. The number of nitrogens with one attached hydrogen (secondary N) is 1. The van der Waals surface area contributed by atoms with Gasteiger partial charge in [-0.05, 0) is 49.8 Å². The number of amides is 2. The number of nitrogens with zero attached hydrogens (tertiary/aromatic N) is 3. The maximum absolute atomic E-state index is 14.1. The first-order valence-electron chi connectivity index (χ1n) is 13.3. The number of rotatable bonds is 7. The Morgan fingerprint density at radius 1 is 1.06 bits per heavy atom. The summed E-state index contributed by atoms with van der Waals surface area (Å²) in [5.74, 6) is 0.434. The van der Waals surface area contributed by atoms with E-state index in [9.17, 15) is 9.59 Å². The Bertz CT molecular complexity index is 1230. The number of carbonyl (C=O) groups excluding carboxylic acids is 2. The van der Waals surface area contributed by atoms with Crippen LogP contribution in [0.5, 0.6) is 0 Å².